The van der Waals surface area contributed by atoms with Gasteiger partial charge in [-0.05, 0) is 34.0 Å². The Labute approximate surface area is 96.8 Å². The molecule has 2 rings (SSSR count). The molecule has 1 aromatic carbocycles. The van der Waals surface area contributed by atoms with Gasteiger partial charge in [-0.2, -0.15) is 0 Å². The van der Waals surface area contributed by atoms with Gasteiger partial charge in [-0.1, -0.05) is 13.0 Å². The van der Waals surface area contributed by atoms with Crippen molar-refractivity contribution in [1.29, 1.82) is 0 Å². The average Bonchev–Trinajstić information content (AvgIpc) is 2.13. The first-order valence-corrected chi connectivity index (χ1v) is 5.65. The van der Waals surface area contributed by atoms with E-state index < -0.39 is 5.97 Å². The number of halogens is 1. The van der Waals surface area contributed by atoms with E-state index in [9.17, 15) is 4.79 Å². The predicted molar refractivity (Wildman–Crippen MR) is 62.5 cm³/mol. The molecule has 0 amide bonds. The third-order valence-electron chi connectivity index (χ3n) is 2.60. The van der Waals surface area contributed by atoms with Gasteiger partial charge in [0.25, 0.3) is 0 Å². The minimum absolute atomic E-state index is 0.372. The first-order valence-electron chi connectivity index (χ1n) is 4.86. The molecule has 1 fully saturated rings. The Balaban J connectivity index is 2.39. The number of hydrogen-bond acceptors (Lipinski definition) is 2. The first-order chi connectivity index (χ1) is 7.09. The van der Waals surface area contributed by atoms with Crippen molar-refractivity contribution < 1.29 is 9.90 Å². The number of para-hydroxylation sites is 1. The van der Waals surface area contributed by atoms with E-state index in [2.05, 4.69) is 27.8 Å². The highest BCUT2D eigenvalue weighted by Crippen LogP contribution is 2.34. The zero-order valence-electron chi connectivity index (χ0n) is 8.40. The lowest BCUT2D eigenvalue weighted by atomic mass is 10.00. The summed E-state index contributed by atoms with van der Waals surface area (Å²) < 4.78 is 0.856. The summed E-state index contributed by atoms with van der Waals surface area (Å²) in [5, 5.41) is 9.08. The van der Waals surface area contributed by atoms with Gasteiger partial charge in [0.05, 0.1) is 11.3 Å². The fraction of sp³-hybridized carbons (Fsp3) is 0.364. The summed E-state index contributed by atoms with van der Waals surface area (Å²) in [5.41, 5.74) is 1.18. The van der Waals surface area contributed by atoms with Gasteiger partial charge in [-0.15, -0.1) is 0 Å². The van der Waals surface area contributed by atoms with E-state index in [1.165, 1.54) is 0 Å². The number of aromatic carboxylic acids is 1. The molecule has 0 radical (unpaired) electrons. The molecule has 3 nitrogen and oxygen atoms in total. The second-order valence-electron chi connectivity index (χ2n) is 3.95. The number of carbonyl (C=O) groups is 1. The highest BCUT2D eigenvalue weighted by Gasteiger charge is 2.27. The van der Waals surface area contributed by atoms with Crippen molar-refractivity contribution in [3.8, 4) is 0 Å². The summed E-state index contributed by atoms with van der Waals surface area (Å²) in [5.74, 6) is -0.218. The van der Waals surface area contributed by atoms with Crippen LogP contribution in [-0.2, 0) is 0 Å². The van der Waals surface area contributed by atoms with Crippen LogP contribution in [0.3, 0.4) is 0 Å². The Morgan fingerprint density at radius 1 is 1.53 bits per heavy atom. The van der Waals surface area contributed by atoms with E-state index >= 15 is 0 Å². The van der Waals surface area contributed by atoms with Crippen LogP contribution < -0.4 is 4.90 Å². The molecule has 0 spiro atoms. The highest BCUT2D eigenvalue weighted by molar-refractivity contribution is 9.10. The molecule has 80 valence electrons. The fourth-order valence-electron chi connectivity index (χ4n) is 1.89. The third-order valence-corrected chi connectivity index (χ3v) is 3.24. The van der Waals surface area contributed by atoms with Crippen molar-refractivity contribution in [2.45, 2.75) is 6.92 Å². The summed E-state index contributed by atoms with van der Waals surface area (Å²) in [4.78, 5) is 13.1. The van der Waals surface area contributed by atoms with Crippen molar-refractivity contribution in [2.24, 2.45) is 5.92 Å². The predicted octanol–water partition coefficient (Wildman–Crippen LogP) is 2.60. The van der Waals surface area contributed by atoms with Gasteiger partial charge >= 0.3 is 5.97 Å². The van der Waals surface area contributed by atoms with E-state index in [-0.39, 0.29) is 0 Å². The van der Waals surface area contributed by atoms with Gasteiger partial charge in [-0.25, -0.2) is 4.79 Å². The number of anilines is 1. The van der Waals surface area contributed by atoms with Crippen LogP contribution in [0.4, 0.5) is 5.69 Å². The van der Waals surface area contributed by atoms with Crippen LogP contribution in [0.2, 0.25) is 0 Å². The topological polar surface area (TPSA) is 40.5 Å². The smallest absolute Gasteiger partial charge is 0.337 e. The SMILES string of the molecule is CC1CN(c2c(Br)cccc2C(=O)O)C1. The maximum absolute atomic E-state index is 11.1. The minimum atomic E-state index is -0.870. The molecule has 4 heteroatoms. The lowest BCUT2D eigenvalue weighted by molar-refractivity contribution is 0.0697. The van der Waals surface area contributed by atoms with Crippen molar-refractivity contribution >= 4 is 27.6 Å². The molecule has 1 aliphatic heterocycles. The Morgan fingerprint density at radius 2 is 2.20 bits per heavy atom. The van der Waals surface area contributed by atoms with Crippen LogP contribution in [0.1, 0.15) is 17.3 Å². The zero-order valence-corrected chi connectivity index (χ0v) is 9.99. The van der Waals surface area contributed by atoms with Crippen molar-refractivity contribution in [3.63, 3.8) is 0 Å². The molecular weight excluding hydrogens is 258 g/mol. The first kappa shape index (κ1) is 10.5. The molecule has 1 saturated heterocycles. The molecule has 0 bridgehead atoms. The van der Waals surface area contributed by atoms with E-state index in [0.29, 0.717) is 11.5 Å². The third kappa shape index (κ3) is 1.86. The molecule has 1 aromatic rings. The largest absolute Gasteiger partial charge is 0.478 e. The average molecular weight is 270 g/mol. The molecule has 1 aliphatic rings. The molecule has 0 saturated carbocycles. The van der Waals surface area contributed by atoms with E-state index in [0.717, 1.165) is 23.2 Å². The monoisotopic (exact) mass is 269 g/mol. The highest BCUT2D eigenvalue weighted by atomic mass is 79.9. The van der Waals surface area contributed by atoms with Gasteiger partial charge in [0.15, 0.2) is 0 Å². The standard InChI is InChI=1S/C11H12BrNO2/c1-7-5-13(6-7)10-8(11(14)15)3-2-4-9(10)12/h2-4,7H,5-6H2,1H3,(H,14,15). The fourth-order valence-corrected chi connectivity index (χ4v) is 2.51. The van der Waals surface area contributed by atoms with Crippen molar-refractivity contribution in [3.05, 3.63) is 28.2 Å². The number of carboxylic acid groups (broad SMARTS) is 1. The summed E-state index contributed by atoms with van der Waals surface area (Å²) in [7, 11) is 0. The lowest BCUT2D eigenvalue weighted by Gasteiger charge is -2.40. The molecule has 0 unspecified atom stereocenters. The van der Waals surface area contributed by atoms with Crippen LogP contribution >= 0.6 is 15.9 Å². The van der Waals surface area contributed by atoms with Crippen molar-refractivity contribution in [2.75, 3.05) is 18.0 Å². The second-order valence-corrected chi connectivity index (χ2v) is 4.81. The summed E-state index contributed by atoms with van der Waals surface area (Å²) >= 11 is 3.41. The quantitative estimate of drug-likeness (QED) is 0.898. The molecule has 15 heavy (non-hydrogen) atoms. The number of carboxylic acids is 1. The van der Waals surface area contributed by atoms with Gasteiger partial charge in [0.1, 0.15) is 0 Å². The molecule has 1 heterocycles. The Kier molecular flexibility index (Phi) is 2.69. The van der Waals surface area contributed by atoms with Crippen LogP contribution in [-0.4, -0.2) is 24.2 Å². The maximum atomic E-state index is 11.1. The Morgan fingerprint density at radius 3 is 2.73 bits per heavy atom. The maximum Gasteiger partial charge on any atom is 0.337 e. The van der Waals surface area contributed by atoms with E-state index in [1.807, 2.05) is 6.07 Å². The molecule has 0 aliphatic carbocycles. The minimum Gasteiger partial charge on any atom is -0.478 e. The van der Waals surface area contributed by atoms with E-state index in [4.69, 9.17) is 5.11 Å². The Hall–Kier alpha value is -1.03. The van der Waals surface area contributed by atoms with E-state index in [1.54, 1.807) is 12.1 Å². The molecular formula is C11H12BrNO2. The van der Waals surface area contributed by atoms with Crippen LogP contribution in [0.25, 0.3) is 0 Å². The number of nitrogens with zero attached hydrogens (tertiary/aromatic N) is 1. The summed E-state index contributed by atoms with van der Waals surface area (Å²) in [6, 6.07) is 5.27. The Bertz CT molecular complexity index is 400. The normalized spacial score (nSPS) is 16.3. The lowest BCUT2D eigenvalue weighted by Crippen LogP contribution is -2.46. The summed E-state index contributed by atoms with van der Waals surface area (Å²) in [6.07, 6.45) is 0. The van der Waals surface area contributed by atoms with Crippen LogP contribution in [0.5, 0.6) is 0 Å². The summed E-state index contributed by atoms with van der Waals surface area (Å²) in [6.45, 7) is 4.03. The number of hydrogen-bond donors (Lipinski definition) is 1. The van der Waals surface area contributed by atoms with Gasteiger partial charge in [-0.3, -0.25) is 0 Å². The van der Waals surface area contributed by atoms with Gasteiger partial charge in [0, 0.05) is 17.6 Å². The van der Waals surface area contributed by atoms with Gasteiger partial charge < -0.3 is 10.0 Å². The molecule has 1 N–H and O–H groups in total. The van der Waals surface area contributed by atoms with Gasteiger partial charge in [0.2, 0.25) is 0 Å². The zero-order chi connectivity index (χ0) is 11.0. The molecule has 0 aromatic heterocycles. The van der Waals surface area contributed by atoms with Crippen LogP contribution in [0.15, 0.2) is 22.7 Å². The van der Waals surface area contributed by atoms with Crippen molar-refractivity contribution in [1.82, 2.24) is 0 Å². The number of benzene rings is 1. The second kappa shape index (κ2) is 3.85. The van der Waals surface area contributed by atoms with Crippen LogP contribution in [0, 0.1) is 5.92 Å². The molecule has 0 atom stereocenters. The number of rotatable bonds is 2.